The average molecular weight is 228 g/mol. The molecule has 1 aromatic rings. The molecule has 0 spiro atoms. The smallest absolute Gasteiger partial charge is 0.409 e. The van der Waals surface area contributed by atoms with Crippen LogP contribution in [0.15, 0.2) is 24.3 Å². The maximum atomic E-state index is 11.0. The van der Waals surface area contributed by atoms with Crippen molar-refractivity contribution in [3.05, 3.63) is 24.3 Å². The number of carbonyl (C=O) groups excluding carboxylic acids is 2. The Morgan fingerprint density at radius 3 is 2.20 bits per heavy atom. The van der Waals surface area contributed by atoms with Crippen LogP contribution < -0.4 is 9.64 Å². The van der Waals surface area contributed by atoms with Crippen LogP contribution in [0.5, 0.6) is 5.75 Å². The number of hydrogen-bond acceptors (Lipinski definition) is 3. The fraction of sp³-hybridized carbons (Fsp3) is 0.200. The standard InChI is InChI=1S/C10H10ClNO3/c1-7(13)12(2)8-3-5-9(6-4-8)15-10(11)14/h3-6H,1-2H3. The Morgan fingerprint density at radius 2 is 1.80 bits per heavy atom. The topological polar surface area (TPSA) is 46.6 Å². The van der Waals surface area contributed by atoms with Crippen LogP contribution in [0.25, 0.3) is 0 Å². The largest absolute Gasteiger partial charge is 0.415 e. The van der Waals surface area contributed by atoms with Gasteiger partial charge in [-0.1, -0.05) is 0 Å². The van der Waals surface area contributed by atoms with Gasteiger partial charge < -0.3 is 9.64 Å². The number of nitrogens with zero attached hydrogens (tertiary/aromatic N) is 1. The van der Waals surface area contributed by atoms with E-state index < -0.39 is 5.43 Å². The molecule has 5 heteroatoms. The Hall–Kier alpha value is -1.55. The Bertz CT molecular complexity index is 375. The van der Waals surface area contributed by atoms with E-state index in [2.05, 4.69) is 4.74 Å². The number of hydrogen-bond donors (Lipinski definition) is 0. The fourth-order valence-electron chi connectivity index (χ4n) is 1.01. The summed E-state index contributed by atoms with van der Waals surface area (Å²) in [4.78, 5) is 22.9. The molecule has 0 fully saturated rings. The minimum atomic E-state index is -0.886. The van der Waals surface area contributed by atoms with Crippen molar-refractivity contribution < 1.29 is 14.3 Å². The molecule has 1 amide bonds. The highest BCUT2D eigenvalue weighted by Gasteiger charge is 2.05. The summed E-state index contributed by atoms with van der Waals surface area (Å²) >= 11 is 5.04. The van der Waals surface area contributed by atoms with Crippen molar-refractivity contribution in [3.8, 4) is 5.75 Å². The van der Waals surface area contributed by atoms with Gasteiger partial charge in [0.1, 0.15) is 5.75 Å². The number of carbonyl (C=O) groups is 2. The maximum absolute atomic E-state index is 11.0. The lowest BCUT2D eigenvalue weighted by Gasteiger charge is -2.14. The SMILES string of the molecule is CC(=O)N(C)c1ccc(OC(=O)Cl)cc1. The van der Waals surface area contributed by atoms with Crippen molar-refractivity contribution in [2.24, 2.45) is 0 Å². The van der Waals surface area contributed by atoms with E-state index in [-0.39, 0.29) is 5.91 Å². The summed E-state index contributed by atoms with van der Waals surface area (Å²) in [7, 11) is 1.66. The first-order valence-electron chi connectivity index (χ1n) is 4.22. The monoisotopic (exact) mass is 227 g/mol. The van der Waals surface area contributed by atoms with Gasteiger partial charge in [0.25, 0.3) is 0 Å². The molecule has 0 N–H and O–H groups in total. The number of benzene rings is 1. The van der Waals surface area contributed by atoms with Gasteiger partial charge >= 0.3 is 5.43 Å². The van der Waals surface area contributed by atoms with Crippen molar-refractivity contribution in [3.63, 3.8) is 0 Å². The average Bonchev–Trinajstić information content (AvgIpc) is 2.17. The zero-order valence-electron chi connectivity index (χ0n) is 8.36. The first-order valence-corrected chi connectivity index (χ1v) is 4.60. The highest BCUT2D eigenvalue weighted by molar-refractivity contribution is 6.61. The van der Waals surface area contributed by atoms with Gasteiger partial charge in [0.2, 0.25) is 5.91 Å². The zero-order valence-corrected chi connectivity index (χ0v) is 9.12. The second-order valence-corrected chi connectivity index (χ2v) is 3.22. The Balaban J connectivity index is 2.80. The van der Waals surface area contributed by atoms with Crippen molar-refractivity contribution in [2.45, 2.75) is 6.92 Å². The molecule has 0 aromatic heterocycles. The Morgan fingerprint density at radius 1 is 1.27 bits per heavy atom. The van der Waals surface area contributed by atoms with Crippen LogP contribution in [0.4, 0.5) is 10.5 Å². The van der Waals surface area contributed by atoms with Crippen LogP contribution in [0.1, 0.15) is 6.92 Å². The lowest BCUT2D eigenvalue weighted by atomic mass is 10.3. The zero-order chi connectivity index (χ0) is 11.4. The second kappa shape index (κ2) is 4.79. The Kier molecular flexibility index (Phi) is 3.68. The molecule has 4 nitrogen and oxygen atoms in total. The predicted molar refractivity (Wildman–Crippen MR) is 57.4 cm³/mol. The van der Waals surface area contributed by atoms with Crippen LogP contribution >= 0.6 is 11.6 Å². The van der Waals surface area contributed by atoms with E-state index >= 15 is 0 Å². The number of ether oxygens (including phenoxy) is 1. The van der Waals surface area contributed by atoms with Gasteiger partial charge in [0, 0.05) is 31.3 Å². The molecule has 0 radical (unpaired) electrons. The fourth-order valence-corrected chi connectivity index (χ4v) is 1.10. The third-order valence-corrected chi connectivity index (χ3v) is 1.97. The molecule has 0 heterocycles. The third-order valence-electron chi connectivity index (χ3n) is 1.89. The lowest BCUT2D eigenvalue weighted by molar-refractivity contribution is -0.116. The molecule has 1 aromatic carbocycles. The van der Waals surface area contributed by atoms with Crippen LogP contribution in [0, 0.1) is 0 Å². The summed E-state index contributed by atoms with van der Waals surface area (Å²) < 4.78 is 4.63. The van der Waals surface area contributed by atoms with E-state index in [4.69, 9.17) is 11.6 Å². The van der Waals surface area contributed by atoms with Gasteiger partial charge in [-0.05, 0) is 24.3 Å². The summed E-state index contributed by atoms with van der Waals surface area (Å²) in [6, 6.07) is 6.46. The maximum Gasteiger partial charge on any atom is 0.409 e. The van der Waals surface area contributed by atoms with Gasteiger partial charge in [0.15, 0.2) is 0 Å². The highest BCUT2D eigenvalue weighted by atomic mass is 35.5. The summed E-state index contributed by atoms with van der Waals surface area (Å²) in [5.74, 6) is 0.271. The van der Waals surface area contributed by atoms with Crippen LogP contribution in [-0.4, -0.2) is 18.4 Å². The lowest BCUT2D eigenvalue weighted by Crippen LogP contribution is -2.22. The Labute approximate surface area is 92.4 Å². The second-order valence-electron chi connectivity index (χ2n) is 2.91. The van der Waals surface area contributed by atoms with Crippen molar-refractivity contribution >= 4 is 28.6 Å². The van der Waals surface area contributed by atoms with Gasteiger partial charge in [-0.3, -0.25) is 4.79 Å². The summed E-state index contributed by atoms with van der Waals surface area (Å²) in [6.45, 7) is 1.46. The van der Waals surface area contributed by atoms with Crippen molar-refractivity contribution in [1.29, 1.82) is 0 Å². The molecule has 0 saturated carbocycles. The van der Waals surface area contributed by atoms with E-state index in [9.17, 15) is 9.59 Å². The van der Waals surface area contributed by atoms with Gasteiger partial charge in [-0.2, -0.15) is 0 Å². The molecule has 0 atom stereocenters. The summed E-state index contributed by atoms with van der Waals surface area (Å²) in [6.07, 6.45) is 0. The van der Waals surface area contributed by atoms with Crippen molar-refractivity contribution in [1.82, 2.24) is 0 Å². The van der Waals surface area contributed by atoms with Gasteiger partial charge in [-0.15, -0.1) is 0 Å². The number of amides is 1. The van der Waals surface area contributed by atoms with E-state index in [1.807, 2.05) is 0 Å². The van der Waals surface area contributed by atoms with Crippen LogP contribution in [0.2, 0.25) is 0 Å². The quantitative estimate of drug-likeness (QED) is 0.729. The first kappa shape index (κ1) is 11.5. The molecule has 80 valence electrons. The molecular weight excluding hydrogens is 218 g/mol. The molecular formula is C10H10ClNO3. The molecule has 0 aliphatic rings. The minimum Gasteiger partial charge on any atom is -0.415 e. The number of halogens is 1. The summed E-state index contributed by atoms with van der Waals surface area (Å²) in [5.41, 5.74) is -0.167. The molecule has 0 saturated heterocycles. The molecule has 1 rings (SSSR count). The first-order chi connectivity index (χ1) is 7.00. The molecule has 15 heavy (non-hydrogen) atoms. The van der Waals surface area contributed by atoms with Gasteiger partial charge in [-0.25, -0.2) is 4.79 Å². The van der Waals surface area contributed by atoms with E-state index in [1.165, 1.54) is 11.8 Å². The molecule has 0 aliphatic carbocycles. The molecule has 0 bridgehead atoms. The normalized spacial score (nSPS) is 9.53. The molecule has 0 unspecified atom stereocenters. The number of anilines is 1. The minimum absolute atomic E-state index is 0.0721. The summed E-state index contributed by atoms with van der Waals surface area (Å²) in [5, 5.41) is 0. The van der Waals surface area contributed by atoms with Gasteiger partial charge in [0.05, 0.1) is 0 Å². The van der Waals surface area contributed by atoms with Crippen LogP contribution in [-0.2, 0) is 4.79 Å². The van der Waals surface area contributed by atoms with E-state index in [1.54, 1.807) is 31.3 Å². The van der Waals surface area contributed by atoms with E-state index in [0.717, 1.165) is 5.69 Å². The highest BCUT2D eigenvalue weighted by Crippen LogP contribution is 2.19. The van der Waals surface area contributed by atoms with Crippen LogP contribution in [0.3, 0.4) is 0 Å². The predicted octanol–water partition coefficient (Wildman–Crippen LogP) is 2.41. The van der Waals surface area contributed by atoms with E-state index in [0.29, 0.717) is 5.75 Å². The molecule has 0 aliphatic heterocycles. The third kappa shape index (κ3) is 3.25. The number of rotatable bonds is 2. The van der Waals surface area contributed by atoms with Crippen molar-refractivity contribution in [2.75, 3.05) is 11.9 Å².